The van der Waals surface area contributed by atoms with E-state index in [1.807, 2.05) is 0 Å². The number of rotatable bonds is 3. The molecule has 0 aromatic heterocycles. The predicted octanol–water partition coefficient (Wildman–Crippen LogP) is 2.51. The topological polar surface area (TPSA) is 38.7 Å². The summed E-state index contributed by atoms with van der Waals surface area (Å²) in [5.41, 5.74) is 0.128. The van der Waals surface area contributed by atoms with Gasteiger partial charge in [-0.15, -0.1) is 0 Å². The van der Waals surface area contributed by atoms with Crippen molar-refractivity contribution < 1.29 is 14.6 Å². The van der Waals surface area contributed by atoms with E-state index in [4.69, 9.17) is 9.47 Å². The maximum atomic E-state index is 10.1. The molecule has 1 spiro atoms. The summed E-state index contributed by atoms with van der Waals surface area (Å²) in [6, 6.07) is 0. The van der Waals surface area contributed by atoms with E-state index in [1.165, 1.54) is 32.1 Å². The number of aliphatic hydroxyl groups is 1. The number of hydrogen-bond acceptors (Lipinski definition) is 3. The molecular formula is C15H26O3. The highest BCUT2D eigenvalue weighted by atomic mass is 16.5. The van der Waals surface area contributed by atoms with Crippen molar-refractivity contribution in [1.29, 1.82) is 0 Å². The van der Waals surface area contributed by atoms with Crippen molar-refractivity contribution in [2.45, 2.75) is 63.6 Å². The van der Waals surface area contributed by atoms with Gasteiger partial charge in [0.1, 0.15) is 0 Å². The summed E-state index contributed by atoms with van der Waals surface area (Å²) in [7, 11) is 0. The molecule has 3 fully saturated rings. The Morgan fingerprint density at radius 1 is 1.11 bits per heavy atom. The van der Waals surface area contributed by atoms with Gasteiger partial charge < -0.3 is 14.6 Å². The first-order chi connectivity index (χ1) is 8.81. The first-order valence-electron chi connectivity index (χ1n) is 7.69. The van der Waals surface area contributed by atoms with Gasteiger partial charge in [-0.05, 0) is 31.6 Å². The first-order valence-corrected chi connectivity index (χ1v) is 7.69. The first kappa shape index (κ1) is 12.9. The van der Waals surface area contributed by atoms with Crippen LogP contribution in [0, 0.1) is 11.3 Å². The molecule has 2 unspecified atom stereocenters. The predicted molar refractivity (Wildman–Crippen MR) is 69.4 cm³/mol. The molecule has 0 radical (unpaired) electrons. The molecule has 1 saturated heterocycles. The third kappa shape index (κ3) is 2.33. The fraction of sp³-hybridized carbons (Fsp3) is 1.00. The van der Waals surface area contributed by atoms with E-state index < -0.39 is 0 Å². The Hall–Kier alpha value is -0.120. The van der Waals surface area contributed by atoms with Gasteiger partial charge in [-0.25, -0.2) is 0 Å². The Morgan fingerprint density at radius 2 is 1.83 bits per heavy atom. The molecular weight excluding hydrogens is 228 g/mol. The van der Waals surface area contributed by atoms with Crippen LogP contribution in [0.15, 0.2) is 0 Å². The minimum atomic E-state index is -0.0995. The second kappa shape index (κ2) is 5.48. The summed E-state index contributed by atoms with van der Waals surface area (Å²) in [6.07, 6.45) is 9.60. The Balaban J connectivity index is 1.50. The van der Waals surface area contributed by atoms with Crippen LogP contribution in [0.3, 0.4) is 0 Å². The zero-order valence-electron chi connectivity index (χ0n) is 11.3. The quantitative estimate of drug-likeness (QED) is 0.841. The zero-order valence-corrected chi connectivity index (χ0v) is 11.3. The number of hydrogen-bond donors (Lipinski definition) is 1. The van der Waals surface area contributed by atoms with E-state index >= 15 is 0 Å². The Bertz CT molecular complexity index is 267. The third-order valence-corrected chi connectivity index (χ3v) is 5.40. The molecule has 3 aliphatic rings. The average Bonchev–Trinajstić information content (AvgIpc) is 2.45. The second-order valence-corrected chi connectivity index (χ2v) is 6.42. The number of ether oxygens (including phenoxy) is 2. The standard InChI is InChI=1S/C15H26O3/c16-13-10-14(15(13)6-2-1-3-7-15)18-11-12-4-8-17-9-5-12/h12-14,16H,1-11H2. The van der Waals surface area contributed by atoms with Gasteiger partial charge in [-0.3, -0.25) is 0 Å². The molecule has 1 heterocycles. The molecule has 1 N–H and O–H groups in total. The van der Waals surface area contributed by atoms with Crippen molar-refractivity contribution in [2.24, 2.45) is 11.3 Å². The monoisotopic (exact) mass is 254 g/mol. The summed E-state index contributed by atoms with van der Waals surface area (Å²) >= 11 is 0. The van der Waals surface area contributed by atoms with Gasteiger partial charge in [0.2, 0.25) is 0 Å². The normalized spacial score (nSPS) is 36.5. The summed E-state index contributed by atoms with van der Waals surface area (Å²) < 4.78 is 11.5. The van der Waals surface area contributed by atoms with Crippen LogP contribution in [0.25, 0.3) is 0 Å². The van der Waals surface area contributed by atoms with Gasteiger partial charge in [0.25, 0.3) is 0 Å². The van der Waals surface area contributed by atoms with E-state index in [0.717, 1.165) is 39.1 Å². The highest BCUT2D eigenvalue weighted by Crippen LogP contribution is 2.53. The third-order valence-electron chi connectivity index (χ3n) is 5.40. The Labute approximate surface area is 110 Å². The fourth-order valence-electron chi connectivity index (χ4n) is 3.99. The summed E-state index contributed by atoms with van der Waals surface area (Å²) in [5.74, 6) is 0.678. The molecule has 0 bridgehead atoms. The second-order valence-electron chi connectivity index (χ2n) is 6.42. The van der Waals surface area contributed by atoms with Gasteiger partial charge in [-0.2, -0.15) is 0 Å². The van der Waals surface area contributed by atoms with Crippen molar-refractivity contribution in [3.8, 4) is 0 Å². The van der Waals surface area contributed by atoms with Crippen molar-refractivity contribution >= 4 is 0 Å². The van der Waals surface area contributed by atoms with Gasteiger partial charge >= 0.3 is 0 Å². The molecule has 2 atom stereocenters. The van der Waals surface area contributed by atoms with Crippen LogP contribution in [-0.4, -0.2) is 37.1 Å². The number of aliphatic hydroxyl groups excluding tert-OH is 1. The highest BCUT2D eigenvalue weighted by molar-refractivity contribution is 5.05. The highest BCUT2D eigenvalue weighted by Gasteiger charge is 2.55. The van der Waals surface area contributed by atoms with Crippen LogP contribution < -0.4 is 0 Å². The van der Waals surface area contributed by atoms with Crippen molar-refractivity contribution in [1.82, 2.24) is 0 Å². The molecule has 1 aliphatic heterocycles. The van der Waals surface area contributed by atoms with Crippen LogP contribution in [0.5, 0.6) is 0 Å². The lowest BCUT2D eigenvalue weighted by molar-refractivity contribution is -0.211. The van der Waals surface area contributed by atoms with Crippen LogP contribution in [0.2, 0.25) is 0 Å². The van der Waals surface area contributed by atoms with Crippen molar-refractivity contribution in [3.63, 3.8) is 0 Å². The van der Waals surface area contributed by atoms with Gasteiger partial charge in [-0.1, -0.05) is 19.3 Å². The molecule has 2 aliphatic carbocycles. The lowest BCUT2D eigenvalue weighted by Crippen LogP contribution is -2.59. The average molecular weight is 254 g/mol. The zero-order chi connectivity index (χ0) is 12.4. The van der Waals surface area contributed by atoms with Crippen LogP contribution in [0.4, 0.5) is 0 Å². The van der Waals surface area contributed by atoms with E-state index in [1.54, 1.807) is 0 Å². The Kier molecular flexibility index (Phi) is 3.92. The lowest BCUT2D eigenvalue weighted by atomic mass is 9.56. The molecule has 18 heavy (non-hydrogen) atoms. The summed E-state index contributed by atoms with van der Waals surface area (Å²) in [6.45, 7) is 2.67. The van der Waals surface area contributed by atoms with Gasteiger partial charge in [0.05, 0.1) is 12.2 Å². The summed E-state index contributed by atoms with van der Waals surface area (Å²) in [4.78, 5) is 0. The van der Waals surface area contributed by atoms with E-state index in [9.17, 15) is 5.11 Å². The van der Waals surface area contributed by atoms with Crippen molar-refractivity contribution in [3.05, 3.63) is 0 Å². The largest absolute Gasteiger partial charge is 0.392 e. The molecule has 0 aromatic rings. The lowest BCUT2D eigenvalue weighted by Gasteiger charge is -2.55. The molecule has 3 rings (SSSR count). The van der Waals surface area contributed by atoms with Crippen molar-refractivity contribution in [2.75, 3.05) is 19.8 Å². The Morgan fingerprint density at radius 3 is 2.50 bits per heavy atom. The molecule has 2 saturated carbocycles. The smallest absolute Gasteiger partial charge is 0.0681 e. The SMILES string of the molecule is OC1CC(OCC2CCOCC2)C12CCCCC2. The van der Waals surface area contributed by atoms with Gasteiger partial charge in [0.15, 0.2) is 0 Å². The van der Waals surface area contributed by atoms with E-state index in [2.05, 4.69) is 0 Å². The maximum Gasteiger partial charge on any atom is 0.0681 e. The van der Waals surface area contributed by atoms with E-state index in [0.29, 0.717) is 12.0 Å². The van der Waals surface area contributed by atoms with Gasteiger partial charge in [0, 0.05) is 31.7 Å². The minimum Gasteiger partial charge on any atom is -0.392 e. The maximum absolute atomic E-state index is 10.1. The molecule has 3 nitrogen and oxygen atoms in total. The fourth-order valence-corrected chi connectivity index (χ4v) is 3.99. The molecule has 0 aromatic carbocycles. The molecule has 0 amide bonds. The van der Waals surface area contributed by atoms with Crippen LogP contribution in [0.1, 0.15) is 51.4 Å². The summed E-state index contributed by atoms with van der Waals surface area (Å²) in [5, 5.41) is 10.1. The van der Waals surface area contributed by atoms with Crippen LogP contribution in [-0.2, 0) is 9.47 Å². The van der Waals surface area contributed by atoms with Crippen LogP contribution >= 0.6 is 0 Å². The molecule has 104 valence electrons. The van der Waals surface area contributed by atoms with E-state index in [-0.39, 0.29) is 11.5 Å². The minimum absolute atomic E-state index is 0.0995. The molecule has 3 heteroatoms.